The second-order valence-electron chi connectivity index (χ2n) is 2.41. The van der Waals surface area contributed by atoms with Crippen molar-refractivity contribution in [3.63, 3.8) is 0 Å². The molecule has 0 fully saturated rings. The third kappa shape index (κ3) is 3.04. The number of hydrogen-bond donors (Lipinski definition) is 2. The highest BCUT2D eigenvalue weighted by molar-refractivity contribution is 5.71. The maximum atomic E-state index is 10.3. The Bertz CT molecular complexity index is 177. The topological polar surface area (TPSA) is 64.4 Å². The summed E-state index contributed by atoms with van der Waals surface area (Å²) in [6, 6.07) is -0.475. The van der Waals surface area contributed by atoms with Gasteiger partial charge in [-0.2, -0.15) is 0 Å². The van der Waals surface area contributed by atoms with Crippen molar-refractivity contribution >= 4 is 6.03 Å². The van der Waals surface area contributed by atoms with E-state index >= 15 is 0 Å². The van der Waals surface area contributed by atoms with Gasteiger partial charge in [0.25, 0.3) is 0 Å². The standard InChI is InChI=1S/C7H12N2O2/c8-7(10)9-5-6-1-3-11-4-2-6/h1H,2-5H2,(H3,8,9,10). The molecule has 0 aromatic rings. The minimum atomic E-state index is -0.475. The summed E-state index contributed by atoms with van der Waals surface area (Å²) in [4.78, 5) is 10.3. The molecule has 0 aromatic heterocycles. The van der Waals surface area contributed by atoms with Gasteiger partial charge in [-0.25, -0.2) is 4.79 Å². The number of carbonyl (C=O) groups excluding carboxylic acids is 1. The van der Waals surface area contributed by atoms with Crippen molar-refractivity contribution < 1.29 is 9.53 Å². The van der Waals surface area contributed by atoms with Gasteiger partial charge in [-0.3, -0.25) is 0 Å². The number of carbonyl (C=O) groups is 1. The minimum absolute atomic E-state index is 0.475. The Morgan fingerprint density at radius 1 is 1.82 bits per heavy atom. The number of amides is 2. The van der Waals surface area contributed by atoms with Crippen LogP contribution in [0.4, 0.5) is 4.79 Å². The van der Waals surface area contributed by atoms with E-state index in [1.165, 1.54) is 5.57 Å². The maximum absolute atomic E-state index is 10.3. The zero-order chi connectivity index (χ0) is 8.10. The number of nitrogens with two attached hydrogens (primary N) is 1. The van der Waals surface area contributed by atoms with Crippen LogP contribution in [0.1, 0.15) is 6.42 Å². The molecule has 0 spiro atoms. The number of ether oxygens (including phenoxy) is 1. The Labute approximate surface area is 65.4 Å². The molecule has 11 heavy (non-hydrogen) atoms. The Balaban J connectivity index is 2.24. The second-order valence-corrected chi connectivity index (χ2v) is 2.41. The lowest BCUT2D eigenvalue weighted by atomic mass is 10.1. The van der Waals surface area contributed by atoms with E-state index < -0.39 is 6.03 Å². The zero-order valence-corrected chi connectivity index (χ0v) is 6.30. The van der Waals surface area contributed by atoms with E-state index in [4.69, 9.17) is 10.5 Å². The van der Waals surface area contributed by atoms with Crippen LogP contribution in [0.2, 0.25) is 0 Å². The molecule has 1 heterocycles. The van der Waals surface area contributed by atoms with Crippen molar-refractivity contribution in [1.82, 2.24) is 5.32 Å². The van der Waals surface area contributed by atoms with E-state index in [2.05, 4.69) is 5.32 Å². The van der Waals surface area contributed by atoms with Gasteiger partial charge >= 0.3 is 6.03 Å². The first-order valence-electron chi connectivity index (χ1n) is 3.58. The van der Waals surface area contributed by atoms with Gasteiger partial charge in [0.15, 0.2) is 0 Å². The van der Waals surface area contributed by atoms with Crippen molar-refractivity contribution in [1.29, 1.82) is 0 Å². The van der Waals surface area contributed by atoms with Crippen molar-refractivity contribution in [2.24, 2.45) is 5.73 Å². The third-order valence-corrected chi connectivity index (χ3v) is 1.55. The van der Waals surface area contributed by atoms with Crippen molar-refractivity contribution in [2.45, 2.75) is 6.42 Å². The lowest BCUT2D eigenvalue weighted by Gasteiger charge is -2.12. The van der Waals surface area contributed by atoms with Crippen LogP contribution in [0.15, 0.2) is 11.6 Å². The number of hydrogen-bond acceptors (Lipinski definition) is 2. The summed E-state index contributed by atoms with van der Waals surface area (Å²) in [5, 5.41) is 2.53. The van der Waals surface area contributed by atoms with E-state index in [0.717, 1.165) is 13.0 Å². The molecule has 1 aliphatic heterocycles. The fourth-order valence-electron chi connectivity index (χ4n) is 0.927. The molecule has 0 saturated carbocycles. The predicted molar refractivity (Wildman–Crippen MR) is 41.1 cm³/mol. The van der Waals surface area contributed by atoms with Gasteiger partial charge in [0.1, 0.15) is 0 Å². The van der Waals surface area contributed by atoms with Crippen molar-refractivity contribution in [3.8, 4) is 0 Å². The van der Waals surface area contributed by atoms with Crippen molar-refractivity contribution in [2.75, 3.05) is 19.8 Å². The Hall–Kier alpha value is -1.03. The van der Waals surface area contributed by atoms with Gasteiger partial charge in [0, 0.05) is 6.54 Å². The zero-order valence-electron chi connectivity index (χ0n) is 6.30. The van der Waals surface area contributed by atoms with Gasteiger partial charge in [-0.05, 0) is 6.42 Å². The summed E-state index contributed by atoms with van der Waals surface area (Å²) in [5.41, 5.74) is 6.09. The predicted octanol–water partition coefficient (Wildman–Crippen LogP) is 0.00140. The molecule has 1 rings (SSSR count). The van der Waals surface area contributed by atoms with E-state index in [1.54, 1.807) is 0 Å². The molecule has 4 nitrogen and oxygen atoms in total. The number of rotatable bonds is 2. The Morgan fingerprint density at radius 2 is 2.64 bits per heavy atom. The summed E-state index contributed by atoms with van der Waals surface area (Å²) < 4.78 is 5.09. The average Bonchev–Trinajstić information content (AvgIpc) is 2.03. The van der Waals surface area contributed by atoms with E-state index in [-0.39, 0.29) is 0 Å². The highest BCUT2D eigenvalue weighted by Gasteiger charge is 2.03. The lowest BCUT2D eigenvalue weighted by Crippen LogP contribution is -2.31. The van der Waals surface area contributed by atoms with Crippen LogP contribution in [0, 0.1) is 0 Å². The van der Waals surface area contributed by atoms with Gasteiger partial charge in [-0.15, -0.1) is 0 Å². The summed E-state index contributed by atoms with van der Waals surface area (Å²) in [5.74, 6) is 0. The minimum Gasteiger partial charge on any atom is -0.377 e. The summed E-state index contributed by atoms with van der Waals surface area (Å²) >= 11 is 0. The molecule has 0 atom stereocenters. The average molecular weight is 156 g/mol. The van der Waals surface area contributed by atoms with Gasteiger partial charge in [-0.1, -0.05) is 11.6 Å². The molecular weight excluding hydrogens is 144 g/mol. The molecule has 1 aliphatic rings. The SMILES string of the molecule is NC(=O)NCC1=CCOCC1. The maximum Gasteiger partial charge on any atom is 0.312 e. The molecule has 0 radical (unpaired) electrons. The molecule has 3 N–H and O–H groups in total. The summed E-state index contributed by atoms with van der Waals surface area (Å²) in [7, 11) is 0. The van der Waals surface area contributed by atoms with Crippen LogP contribution in [0.5, 0.6) is 0 Å². The summed E-state index contributed by atoms with van der Waals surface area (Å²) in [6.45, 7) is 1.95. The molecule has 0 aliphatic carbocycles. The number of nitrogens with one attached hydrogen (secondary N) is 1. The third-order valence-electron chi connectivity index (χ3n) is 1.55. The Morgan fingerprint density at radius 3 is 3.18 bits per heavy atom. The van der Waals surface area contributed by atoms with E-state index in [9.17, 15) is 4.79 Å². The fraction of sp³-hybridized carbons (Fsp3) is 0.571. The Kier molecular flexibility index (Phi) is 2.92. The molecule has 62 valence electrons. The van der Waals surface area contributed by atoms with Gasteiger partial charge < -0.3 is 15.8 Å². The van der Waals surface area contributed by atoms with E-state index in [1.807, 2.05) is 6.08 Å². The number of primary amides is 1. The monoisotopic (exact) mass is 156 g/mol. The van der Waals surface area contributed by atoms with Crippen molar-refractivity contribution in [3.05, 3.63) is 11.6 Å². The van der Waals surface area contributed by atoms with Crippen LogP contribution in [-0.4, -0.2) is 25.8 Å². The molecule has 0 unspecified atom stereocenters. The lowest BCUT2D eigenvalue weighted by molar-refractivity contribution is 0.154. The molecular formula is C7H12N2O2. The molecule has 0 saturated heterocycles. The number of urea groups is 1. The first kappa shape index (κ1) is 8.07. The van der Waals surface area contributed by atoms with Gasteiger partial charge in [0.05, 0.1) is 13.2 Å². The van der Waals surface area contributed by atoms with Crippen LogP contribution in [0.25, 0.3) is 0 Å². The van der Waals surface area contributed by atoms with Crippen LogP contribution < -0.4 is 11.1 Å². The highest BCUT2D eigenvalue weighted by atomic mass is 16.5. The summed E-state index contributed by atoms with van der Waals surface area (Å²) in [6.07, 6.45) is 2.86. The fourth-order valence-corrected chi connectivity index (χ4v) is 0.927. The molecule has 0 aromatic carbocycles. The van der Waals surface area contributed by atoms with Crippen LogP contribution >= 0.6 is 0 Å². The first-order chi connectivity index (χ1) is 5.29. The smallest absolute Gasteiger partial charge is 0.312 e. The normalized spacial score (nSPS) is 17.3. The quantitative estimate of drug-likeness (QED) is 0.553. The van der Waals surface area contributed by atoms with Gasteiger partial charge in [0.2, 0.25) is 0 Å². The highest BCUT2D eigenvalue weighted by Crippen LogP contribution is 2.05. The largest absolute Gasteiger partial charge is 0.377 e. The second kappa shape index (κ2) is 3.98. The molecule has 2 amide bonds. The van der Waals surface area contributed by atoms with E-state index in [0.29, 0.717) is 13.2 Å². The molecule has 4 heteroatoms. The van der Waals surface area contributed by atoms with Crippen LogP contribution in [-0.2, 0) is 4.74 Å². The molecule has 0 bridgehead atoms. The van der Waals surface area contributed by atoms with Crippen LogP contribution in [0.3, 0.4) is 0 Å². The first-order valence-corrected chi connectivity index (χ1v) is 3.58.